The molecule has 0 amide bonds. The summed E-state index contributed by atoms with van der Waals surface area (Å²) < 4.78 is 10.4. The summed E-state index contributed by atoms with van der Waals surface area (Å²) in [5.74, 6) is 0.820. The SMILES string of the molecule is COC(=O)C1C(O)CCC2CN3CCc4c([nH]c5cc(OC)ccc45)C3CC21. The van der Waals surface area contributed by atoms with Gasteiger partial charge < -0.3 is 19.6 Å². The number of nitrogens with zero attached hydrogens (tertiary/aromatic N) is 1. The molecule has 1 saturated carbocycles. The number of H-pyrrole nitrogens is 1. The second-order valence-corrected chi connectivity index (χ2v) is 8.54. The molecular weight excluding hydrogens is 356 g/mol. The lowest BCUT2D eigenvalue weighted by Crippen LogP contribution is -2.53. The summed E-state index contributed by atoms with van der Waals surface area (Å²) in [6, 6.07) is 6.49. The second kappa shape index (κ2) is 6.78. The molecule has 5 rings (SSSR count). The summed E-state index contributed by atoms with van der Waals surface area (Å²) in [7, 11) is 3.12. The van der Waals surface area contributed by atoms with Crippen molar-refractivity contribution in [1.29, 1.82) is 0 Å². The minimum Gasteiger partial charge on any atom is -0.497 e. The van der Waals surface area contributed by atoms with E-state index in [1.807, 2.05) is 6.07 Å². The number of piperidine rings is 1. The van der Waals surface area contributed by atoms with Gasteiger partial charge in [-0.2, -0.15) is 0 Å². The molecule has 0 spiro atoms. The first-order chi connectivity index (χ1) is 13.6. The Morgan fingerprint density at radius 1 is 1.29 bits per heavy atom. The summed E-state index contributed by atoms with van der Waals surface area (Å²) in [5.41, 5.74) is 3.78. The Morgan fingerprint density at radius 2 is 2.14 bits per heavy atom. The van der Waals surface area contributed by atoms with Crippen molar-refractivity contribution < 1.29 is 19.4 Å². The van der Waals surface area contributed by atoms with Crippen molar-refractivity contribution in [2.75, 3.05) is 27.3 Å². The Balaban J connectivity index is 1.52. The molecule has 3 aliphatic rings. The smallest absolute Gasteiger partial charge is 0.311 e. The van der Waals surface area contributed by atoms with Crippen molar-refractivity contribution in [2.24, 2.45) is 17.8 Å². The number of carbonyl (C=O) groups excluding carboxylic acids is 1. The number of methoxy groups -OCH3 is 2. The van der Waals surface area contributed by atoms with Crippen molar-refractivity contribution in [3.8, 4) is 5.75 Å². The number of ether oxygens (including phenoxy) is 2. The third-order valence-electron chi connectivity index (χ3n) is 7.32. The van der Waals surface area contributed by atoms with Gasteiger partial charge in [0, 0.05) is 35.8 Å². The van der Waals surface area contributed by atoms with Crippen molar-refractivity contribution in [3.63, 3.8) is 0 Å². The molecule has 28 heavy (non-hydrogen) atoms. The number of esters is 1. The van der Waals surface area contributed by atoms with E-state index in [0.717, 1.165) is 43.6 Å². The molecule has 0 radical (unpaired) electrons. The third kappa shape index (κ3) is 2.65. The van der Waals surface area contributed by atoms with Crippen LogP contribution in [0, 0.1) is 17.8 Å². The van der Waals surface area contributed by atoms with Crippen LogP contribution in [0.3, 0.4) is 0 Å². The summed E-state index contributed by atoms with van der Waals surface area (Å²) >= 11 is 0. The number of aromatic nitrogens is 1. The van der Waals surface area contributed by atoms with E-state index in [1.54, 1.807) is 7.11 Å². The third-order valence-corrected chi connectivity index (χ3v) is 7.32. The van der Waals surface area contributed by atoms with Crippen LogP contribution >= 0.6 is 0 Å². The summed E-state index contributed by atoms with van der Waals surface area (Å²) in [6.07, 6.45) is 3.02. The van der Waals surface area contributed by atoms with Gasteiger partial charge in [0.2, 0.25) is 0 Å². The molecule has 5 atom stereocenters. The number of hydrogen-bond donors (Lipinski definition) is 2. The van der Waals surface area contributed by atoms with Crippen LogP contribution in [0.2, 0.25) is 0 Å². The van der Waals surface area contributed by atoms with Gasteiger partial charge in [0.25, 0.3) is 0 Å². The Hall–Kier alpha value is -2.05. The van der Waals surface area contributed by atoms with Crippen LogP contribution in [0.1, 0.15) is 36.6 Å². The van der Waals surface area contributed by atoms with E-state index in [-0.39, 0.29) is 17.9 Å². The number of benzene rings is 1. The summed E-state index contributed by atoms with van der Waals surface area (Å²) in [4.78, 5) is 18.7. The maximum absolute atomic E-state index is 12.4. The zero-order valence-corrected chi connectivity index (χ0v) is 16.5. The van der Waals surface area contributed by atoms with Gasteiger partial charge in [-0.15, -0.1) is 0 Å². The second-order valence-electron chi connectivity index (χ2n) is 8.54. The predicted molar refractivity (Wildman–Crippen MR) is 105 cm³/mol. The molecule has 2 N–H and O–H groups in total. The molecular formula is C22H28N2O4. The van der Waals surface area contributed by atoms with Gasteiger partial charge in [-0.3, -0.25) is 9.69 Å². The molecule has 2 aromatic rings. The molecule has 0 bridgehead atoms. The highest BCUT2D eigenvalue weighted by Crippen LogP contribution is 2.49. The van der Waals surface area contributed by atoms with Gasteiger partial charge in [-0.25, -0.2) is 0 Å². The van der Waals surface area contributed by atoms with Crippen molar-refractivity contribution in [1.82, 2.24) is 9.88 Å². The van der Waals surface area contributed by atoms with Crippen LogP contribution in [0.25, 0.3) is 10.9 Å². The van der Waals surface area contributed by atoms with Gasteiger partial charge in [0.15, 0.2) is 0 Å². The Labute approximate surface area is 164 Å². The van der Waals surface area contributed by atoms with Crippen molar-refractivity contribution in [3.05, 3.63) is 29.5 Å². The molecule has 1 aromatic heterocycles. The maximum atomic E-state index is 12.4. The highest BCUT2D eigenvalue weighted by molar-refractivity contribution is 5.86. The highest BCUT2D eigenvalue weighted by Gasteiger charge is 2.49. The molecule has 2 fully saturated rings. The lowest BCUT2D eigenvalue weighted by molar-refractivity contribution is -0.160. The van der Waals surface area contributed by atoms with Crippen LogP contribution in [0.5, 0.6) is 5.75 Å². The molecule has 1 aromatic carbocycles. The first-order valence-electron chi connectivity index (χ1n) is 10.3. The van der Waals surface area contributed by atoms with Crippen LogP contribution < -0.4 is 4.74 Å². The predicted octanol–water partition coefficient (Wildman–Crippen LogP) is 2.66. The van der Waals surface area contributed by atoms with Crippen LogP contribution in [-0.2, 0) is 16.0 Å². The van der Waals surface area contributed by atoms with Gasteiger partial charge in [0.05, 0.1) is 32.3 Å². The monoisotopic (exact) mass is 384 g/mol. The van der Waals surface area contributed by atoms with Gasteiger partial charge in [0.1, 0.15) is 5.75 Å². The number of aliphatic hydroxyl groups is 1. The molecule has 3 heterocycles. The molecule has 6 nitrogen and oxygen atoms in total. The number of fused-ring (bicyclic) bond motifs is 6. The van der Waals surface area contributed by atoms with Crippen molar-refractivity contribution >= 4 is 16.9 Å². The van der Waals surface area contributed by atoms with E-state index in [1.165, 1.54) is 23.8 Å². The Morgan fingerprint density at radius 3 is 2.93 bits per heavy atom. The normalized spacial score (nSPS) is 32.3. The van der Waals surface area contributed by atoms with E-state index in [9.17, 15) is 9.90 Å². The molecule has 6 heteroatoms. The van der Waals surface area contributed by atoms with E-state index < -0.39 is 12.0 Å². The number of aliphatic hydroxyl groups excluding tert-OH is 1. The first-order valence-corrected chi connectivity index (χ1v) is 10.3. The fourth-order valence-electron chi connectivity index (χ4n) is 5.97. The zero-order valence-electron chi connectivity index (χ0n) is 16.5. The van der Waals surface area contributed by atoms with Crippen molar-refractivity contribution in [2.45, 2.75) is 37.8 Å². The maximum Gasteiger partial charge on any atom is 0.311 e. The first kappa shape index (κ1) is 18.0. The van der Waals surface area contributed by atoms with E-state index in [4.69, 9.17) is 9.47 Å². The molecule has 5 unspecified atom stereocenters. The van der Waals surface area contributed by atoms with Gasteiger partial charge in [-0.05, 0) is 55.2 Å². The summed E-state index contributed by atoms with van der Waals surface area (Å²) in [5, 5.41) is 11.8. The topological polar surface area (TPSA) is 74.8 Å². The van der Waals surface area contributed by atoms with Crippen LogP contribution in [0.4, 0.5) is 0 Å². The number of rotatable bonds is 2. The van der Waals surface area contributed by atoms with Gasteiger partial charge >= 0.3 is 5.97 Å². The molecule has 150 valence electrons. The molecule has 2 aliphatic heterocycles. The lowest BCUT2D eigenvalue weighted by atomic mass is 9.65. The molecule has 1 aliphatic carbocycles. The number of hydrogen-bond acceptors (Lipinski definition) is 5. The minimum atomic E-state index is -0.588. The summed E-state index contributed by atoms with van der Waals surface area (Å²) in [6.45, 7) is 2.04. The van der Waals surface area contributed by atoms with Crippen LogP contribution in [-0.4, -0.2) is 54.4 Å². The average Bonchev–Trinajstić information content (AvgIpc) is 3.10. The lowest BCUT2D eigenvalue weighted by Gasteiger charge is -2.50. The largest absolute Gasteiger partial charge is 0.497 e. The standard InChI is InChI=1S/C22H28N2O4/c1-27-13-4-5-14-15-7-8-24-11-12-3-6-19(25)20(22(26)28-2)16(12)10-18(24)21(15)23-17(14)9-13/h4-5,9,12,16,18-20,23,25H,3,6-8,10-11H2,1-2H3. The number of nitrogens with one attached hydrogen (secondary N) is 1. The van der Waals surface area contributed by atoms with Crippen LogP contribution in [0.15, 0.2) is 18.2 Å². The zero-order chi connectivity index (χ0) is 19.4. The van der Waals surface area contributed by atoms with E-state index >= 15 is 0 Å². The number of carbonyl (C=O) groups is 1. The minimum absolute atomic E-state index is 0.171. The fourth-order valence-corrected chi connectivity index (χ4v) is 5.97. The van der Waals surface area contributed by atoms with Gasteiger partial charge in [-0.1, -0.05) is 0 Å². The fraction of sp³-hybridized carbons (Fsp3) is 0.591. The van der Waals surface area contributed by atoms with E-state index in [2.05, 4.69) is 22.0 Å². The highest BCUT2D eigenvalue weighted by atomic mass is 16.5. The molecule has 1 saturated heterocycles. The quantitative estimate of drug-likeness (QED) is 0.779. The Kier molecular flexibility index (Phi) is 4.36. The van der Waals surface area contributed by atoms with E-state index in [0.29, 0.717) is 12.3 Å². The number of aromatic amines is 1. The average molecular weight is 384 g/mol. The Bertz CT molecular complexity index is 907.